The first-order valence-electron chi connectivity index (χ1n) is 9.11. The van der Waals surface area contributed by atoms with Crippen molar-refractivity contribution in [2.45, 2.75) is 19.5 Å². The topological polar surface area (TPSA) is 68.9 Å². The minimum Gasteiger partial charge on any atom is -0.348 e. The van der Waals surface area contributed by atoms with E-state index < -0.39 is 0 Å². The Morgan fingerprint density at radius 2 is 1.68 bits per heavy atom. The first-order chi connectivity index (χ1) is 13.6. The molecule has 0 spiro atoms. The largest absolute Gasteiger partial charge is 0.348 e. The van der Waals surface area contributed by atoms with Crippen LogP contribution in [0.25, 0.3) is 16.9 Å². The molecule has 0 aliphatic carbocycles. The molecule has 6 nitrogen and oxygen atoms in total. The van der Waals surface area contributed by atoms with E-state index in [1.54, 1.807) is 18.3 Å². The predicted molar refractivity (Wildman–Crippen MR) is 108 cm³/mol. The Labute approximate surface area is 162 Å². The monoisotopic (exact) mass is 372 g/mol. The summed E-state index contributed by atoms with van der Waals surface area (Å²) in [5.74, 6) is -0.227. The Balaban J connectivity index is 1.67. The van der Waals surface area contributed by atoms with Crippen LogP contribution in [0.15, 0.2) is 83.8 Å². The van der Waals surface area contributed by atoms with E-state index in [1.165, 1.54) is 9.13 Å². The van der Waals surface area contributed by atoms with Gasteiger partial charge >= 0.3 is 5.69 Å². The number of amides is 1. The number of rotatable bonds is 5. The van der Waals surface area contributed by atoms with Gasteiger partial charge in [-0.1, -0.05) is 48.5 Å². The SMILES string of the molecule is C[C@@H](NC(=O)Cn1c(=O)n(-c2ccccc2)c2ncccc21)c1ccccc1. The Hall–Kier alpha value is -3.67. The summed E-state index contributed by atoms with van der Waals surface area (Å²) in [7, 11) is 0. The van der Waals surface area contributed by atoms with E-state index in [-0.39, 0.29) is 24.2 Å². The highest BCUT2D eigenvalue weighted by Crippen LogP contribution is 2.16. The molecule has 1 amide bonds. The highest BCUT2D eigenvalue weighted by Gasteiger charge is 2.18. The molecule has 6 heteroatoms. The van der Waals surface area contributed by atoms with Crippen LogP contribution in [0.3, 0.4) is 0 Å². The van der Waals surface area contributed by atoms with Crippen molar-refractivity contribution in [2.24, 2.45) is 0 Å². The van der Waals surface area contributed by atoms with Crippen LogP contribution >= 0.6 is 0 Å². The van der Waals surface area contributed by atoms with Crippen LogP contribution in [0.2, 0.25) is 0 Å². The average Bonchev–Trinajstić information content (AvgIpc) is 3.01. The molecule has 0 saturated carbocycles. The van der Waals surface area contributed by atoms with Crippen molar-refractivity contribution >= 4 is 17.1 Å². The van der Waals surface area contributed by atoms with Gasteiger partial charge in [0.1, 0.15) is 6.54 Å². The second kappa shape index (κ2) is 7.52. The van der Waals surface area contributed by atoms with Crippen LogP contribution in [0.4, 0.5) is 0 Å². The number of carbonyl (C=O) groups is 1. The van der Waals surface area contributed by atoms with E-state index >= 15 is 0 Å². The summed E-state index contributed by atoms with van der Waals surface area (Å²) in [5.41, 5.74) is 2.59. The number of fused-ring (bicyclic) bond motifs is 1. The molecule has 0 radical (unpaired) electrons. The van der Waals surface area contributed by atoms with Crippen LogP contribution in [0.5, 0.6) is 0 Å². The van der Waals surface area contributed by atoms with Crippen molar-refractivity contribution in [3.63, 3.8) is 0 Å². The number of nitrogens with zero attached hydrogens (tertiary/aromatic N) is 3. The van der Waals surface area contributed by atoms with Crippen molar-refractivity contribution in [3.8, 4) is 5.69 Å². The van der Waals surface area contributed by atoms with Crippen molar-refractivity contribution in [1.29, 1.82) is 0 Å². The van der Waals surface area contributed by atoms with Crippen molar-refractivity contribution in [2.75, 3.05) is 0 Å². The number of nitrogens with one attached hydrogen (secondary N) is 1. The van der Waals surface area contributed by atoms with E-state index in [4.69, 9.17) is 0 Å². The van der Waals surface area contributed by atoms with Gasteiger partial charge in [0.05, 0.1) is 17.2 Å². The first-order valence-corrected chi connectivity index (χ1v) is 9.11. The highest BCUT2D eigenvalue weighted by atomic mass is 16.2. The summed E-state index contributed by atoms with van der Waals surface area (Å²) in [6, 6.07) is 22.4. The third kappa shape index (κ3) is 3.32. The smallest absolute Gasteiger partial charge is 0.335 e. The van der Waals surface area contributed by atoms with Crippen LogP contribution in [-0.4, -0.2) is 20.0 Å². The molecule has 0 saturated heterocycles. The molecular formula is C22H20N4O2. The van der Waals surface area contributed by atoms with Gasteiger partial charge < -0.3 is 5.32 Å². The Bertz CT molecular complexity index is 1160. The summed E-state index contributed by atoms with van der Waals surface area (Å²) in [5, 5.41) is 2.96. The Kier molecular flexibility index (Phi) is 4.76. The van der Waals surface area contributed by atoms with Crippen LogP contribution in [0, 0.1) is 0 Å². The molecule has 0 aliphatic heterocycles. The van der Waals surface area contributed by atoms with Crippen LogP contribution in [0.1, 0.15) is 18.5 Å². The predicted octanol–water partition coefficient (Wildman–Crippen LogP) is 3.06. The van der Waals surface area contributed by atoms with Gasteiger partial charge in [-0.25, -0.2) is 14.3 Å². The van der Waals surface area contributed by atoms with Gasteiger partial charge in [0.15, 0.2) is 5.65 Å². The van der Waals surface area contributed by atoms with Gasteiger partial charge in [-0.15, -0.1) is 0 Å². The van der Waals surface area contributed by atoms with Crippen molar-refractivity contribution in [1.82, 2.24) is 19.4 Å². The summed E-state index contributed by atoms with van der Waals surface area (Å²) in [6.45, 7) is 1.85. The van der Waals surface area contributed by atoms with Gasteiger partial charge in [-0.2, -0.15) is 0 Å². The number of carbonyl (C=O) groups excluding carboxylic acids is 1. The fraction of sp³-hybridized carbons (Fsp3) is 0.136. The molecular weight excluding hydrogens is 352 g/mol. The van der Waals surface area contributed by atoms with Gasteiger partial charge in [-0.3, -0.25) is 9.36 Å². The van der Waals surface area contributed by atoms with E-state index in [0.29, 0.717) is 16.9 Å². The number of aromatic nitrogens is 3. The van der Waals surface area contributed by atoms with Crippen LogP contribution < -0.4 is 11.0 Å². The number of hydrogen-bond acceptors (Lipinski definition) is 3. The number of hydrogen-bond donors (Lipinski definition) is 1. The molecule has 0 fully saturated rings. The standard InChI is InChI=1S/C22H20N4O2/c1-16(17-9-4-2-5-10-17)24-20(27)15-25-19-13-8-14-23-21(19)26(22(25)28)18-11-6-3-7-12-18/h2-14,16H,15H2,1H3,(H,24,27)/t16-/m1/s1. The van der Waals surface area contributed by atoms with E-state index in [1.807, 2.05) is 67.6 Å². The number of imidazole rings is 1. The molecule has 1 atom stereocenters. The zero-order chi connectivity index (χ0) is 19.5. The van der Waals surface area contributed by atoms with E-state index in [2.05, 4.69) is 10.3 Å². The van der Waals surface area contributed by atoms with Crippen molar-refractivity contribution in [3.05, 3.63) is 95.0 Å². The fourth-order valence-electron chi connectivity index (χ4n) is 3.30. The second-order valence-corrected chi connectivity index (χ2v) is 6.59. The highest BCUT2D eigenvalue weighted by molar-refractivity contribution is 5.80. The maximum atomic E-state index is 13.1. The summed E-state index contributed by atoms with van der Waals surface area (Å²) < 4.78 is 2.99. The lowest BCUT2D eigenvalue weighted by molar-refractivity contribution is -0.122. The molecule has 0 aliphatic rings. The maximum absolute atomic E-state index is 13.1. The molecule has 4 rings (SSSR count). The molecule has 4 aromatic rings. The minimum absolute atomic E-state index is 0.0714. The zero-order valence-corrected chi connectivity index (χ0v) is 15.4. The molecule has 28 heavy (non-hydrogen) atoms. The van der Waals surface area contributed by atoms with Gasteiger partial charge in [-0.05, 0) is 36.8 Å². The molecule has 2 aromatic heterocycles. The molecule has 2 heterocycles. The average molecular weight is 372 g/mol. The van der Waals surface area contributed by atoms with Gasteiger partial charge in [0.25, 0.3) is 0 Å². The summed E-state index contributed by atoms with van der Waals surface area (Å²) in [6.07, 6.45) is 1.64. The third-order valence-corrected chi connectivity index (χ3v) is 4.68. The third-order valence-electron chi connectivity index (χ3n) is 4.68. The molecule has 0 unspecified atom stereocenters. The normalized spacial score (nSPS) is 12.0. The van der Waals surface area contributed by atoms with E-state index in [9.17, 15) is 9.59 Å². The second-order valence-electron chi connectivity index (χ2n) is 6.59. The fourth-order valence-corrected chi connectivity index (χ4v) is 3.30. The summed E-state index contributed by atoms with van der Waals surface area (Å²) in [4.78, 5) is 30.1. The lowest BCUT2D eigenvalue weighted by Crippen LogP contribution is -2.34. The number of para-hydroxylation sites is 1. The minimum atomic E-state index is -0.289. The lowest BCUT2D eigenvalue weighted by atomic mass is 10.1. The number of pyridine rings is 1. The van der Waals surface area contributed by atoms with Crippen molar-refractivity contribution < 1.29 is 4.79 Å². The summed E-state index contributed by atoms with van der Waals surface area (Å²) >= 11 is 0. The lowest BCUT2D eigenvalue weighted by Gasteiger charge is -2.14. The van der Waals surface area contributed by atoms with Gasteiger partial charge in [0.2, 0.25) is 5.91 Å². The van der Waals surface area contributed by atoms with E-state index in [0.717, 1.165) is 5.56 Å². The molecule has 1 N–H and O–H groups in total. The van der Waals surface area contributed by atoms with Gasteiger partial charge in [0, 0.05) is 6.20 Å². The number of benzene rings is 2. The zero-order valence-electron chi connectivity index (χ0n) is 15.4. The maximum Gasteiger partial charge on any atom is 0.335 e. The Morgan fingerprint density at radius 1 is 1.00 bits per heavy atom. The molecule has 0 bridgehead atoms. The van der Waals surface area contributed by atoms with Crippen LogP contribution in [-0.2, 0) is 11.3 Å². The Morgan fingerprint density at radius 3 is 2.39 bits per heavy atom. The quantitative estimate of drug-likeness (QED) is 0.585. The molecule has 2 aromatic carbocycles. The molecule has 140 valence electrons. The first kappa shape index (κ1) is 17.7.